The van der Waals surface area contributed by atoms with Gasteiger partial charge >= 0.3 is 0 Å². The molecule has 0 saturated heterocycles. The van der Waals surface area contributed by atoms with Crippen molar-refractivity contribution in [3.8, 4) is 5.75 Å². The molecule has 1 unspecified atom stereocenters. The number of nitrogens with zero attached hydrogens (tertiary/aromatic N) is 1. The van der Waals surface area contributed by atoms with Crippen molar-refractivity contribution in [2.24, 2.45) is 0 Å². The van der Waals surface area contributed by atoms with Crippen molar-refractivity contribution in [1.29, 1.82) is 0 Å². The molecule has 0 fully saturated rings. The van der Waals surface area contributed by atoms with E-state index in [0.717, 1.165) is 30.8 Å². The first kappa shape index (κ1) is 14.3. The van der Waals surface area contributed by atoms with Gasteiger partial charge in [-0.25, -0.2) is 0 Å². The molecule has 0 radical (unpaired) electrons. The summed E-state index contributed by atoms with van der Waals surface area (Å²) in [6, 6.07) is 16.6. The van der Waals surface area contributed by atoms with E-state index < -0.39 is 0 Å². The minimum atomic E-state index is -0.0766. The van der Waals surface area contributed by atoms with Gasteiger partial charge in [-0.1, -0.05) is 36.4 Å². The topological polar surface area (TPSA) is 12.5 Å². The van der Waals surface area contributed by atoms with E-state index in [2.05, 4.69) is 29.2 Å². The van der Waals surface area contributed by atoms with Crippen LogP contribution in [0.15, 0.2) is 48.5 Å². The summed E-state index contributed by atoms with van der Waals surface area (Å²) in [4.78, 5) is 2.39. The summed E-state index contributed by atoms with van der Waals surface area (Å²) in [5, 5.41) is -0.0766. The summed E-state index contributed by atoms with van der Waals surface area (Å²) >= 11 is 6.67. The Balaban J connectivity index is 1.81. The first-order valence-corrected chi connectivity index (χ1v) is 7.83. The van der Waals surface area contributed by atoms with Gasteiger partial charge in [0.2, 0.25) is 0 Å². The molecule has 0 N–H and O–H groups in total. The first-order chi connectivity index (χ1) is 10.3. The minimum Gasteiger partial charge on any atom is -0.496 e. The first-order valence-electron chi connectivity index (χ1n) is 7.39. The molecule has 0 bridgehead atoms. The molecule has 0 spiro atoms. The Labute approximate surface area is 131 Å². The lowest BCUT2D eigenvalue weighted by Gasteiger charge is -2.33. The fourth-order valence-corrected chi connectivity index (χ4v) is 3.37. The van der Waals surface area contributed by atoms with Crippen LogP contribution in [0.25, 0.3) is 0 Å². The molecule has 1 aliphatic heterocycles. The van der Waals surface area contributed by atoms with Crippen molar-refractivity contribution in [3.05, 3.63) is 59.7 Å². The Bertz CT molecular complexity index is 614. The molecular formula is C18H20ClNO. The average molecular weight is 302 g/mol. The van der Waals surface area contributed by atoms with E-state index in [4.69, 9.17) is 16.3 Å². The molecule has 0 aromatic heterocycles. The zero-order chi connectivity index (χ0) is 14.7. The largest absolute Gasteiger partial charge is 0.496 e. The van der Waals surface area contributed by atoms with E-state index in [-0.39, 0.29) is 5.38 Å². The number of hydrogen-bond donors (Lipinski definition) is 0. The van der Waals surface area contributed by atoms with Gasteiger partial charge in [0.15, 0.2) is 0 Å². The number of aryl methyl sites for hydroxylation is 1. The zero-order valence-electron chi connectivity index (χ0n) is 12.3. The summed E-state index contributed by atoms with van der Waals surface area (Å²) in [5.74, 6) is 0.864. The van der Waals surface area contributed by atoms with Crippen LogP contribution in [0.3, 0.4) is 0 Å². The molecular weight excluding hydrogens is 282 g/mol. The smallest absolute Gasteiger partial charge is 0.123 e. The molecule has 0 saturated carbocycles. The molecule has 1 aliphatic rings. The van der Waals surface area contributed by atoms with Crippen molar-refractivity contribution in [3.63, 3.8) is 0 Å². The normalized spacial score (nSPS) is 15.4. The summed E-state index contributed by atoms with van der Waals surface area (Å²) < 4.78 is 5.42. The summed E-state index contributed by atoms with van der Waals surface area (Å²) in [6.45, 7) is 1.87. The molecule has 1 atom stereocenters. The van der Waals surface area contributed by atoms with Gasteiger partial charge in [0, 0.05) is 24.3 Å². The van der Waals surface area contributed by atoms with Gasteiger partial charge in [0.05, 0.1) is 12.5 Å². The van der Waals surface area contributed by atoms with E-state index in [1.165, 1.54) is 17.7 Å². The average Bonchev–Trinajstić information content (AvgIpc) is 2.55. The van der Waals surface area contributed by atoms with Crippen LogP contribution in [0.5, 0.6) is 5.75 Å². The quantitative estimate of drug-likeness (QED) is 0.775. The maximum atomic E-state index is 6.67. The second kappa shape index (κ2) is 6.40. The second-order valence-corrected chi connectivity index (χ2v) is 5.91. The number of methoxy groups -OCH3 is 1. The lowest BCUT2D eigenvalue weighted by molar-refractivity contribution is 0.409. The summed E-state index contributed by atoms with van der Waals surface area (Å²) in [5.41, 5.74) is 3.81. The van der Waals surface area contributed by atoms with E-state index in [0.29, 0.717) is 0 Å². The zero-order valence-corrected chi connectivity index (χ0v) is 13.0. The maximum Gasteiger partial charge on any atom is 0.123 e. The van der Waals surface area contributed by atoms with Gasteiger partial charge in [-0.15, -0.1) is 11.6 Å². The van der Waals surface area contributed by atoms with E-state index in [1.807, 2.05) is 24.3 Å². The van der Waals surface area contributed by atoms with Crippen molar-refractivity contribution >= 4 is 17.3 Å². The highest BCUT2D eigenvalue weighted by molar-refractivity contribution is 6.21. The van der Waals surface area contributed by atoms with Gasteiger partial charge in [0.1, 0.15) is 5.75 Å². The van der Waals surface area contributed by atoms with Crippen LogP contribution in [0.2, 0.25) is 0 Å². The highest BCUT2D eigenvalue weighted by atomic mass is 35.5. The monoisotopic (exact) mass is 301 g/mol. The molecule has 2 aromatic rings. The minimum absolute atomic E-state index is 0.0766. The van der Waals surface area contributed by atoms with Gasteiger partial charge in [0.25, 0.3) is 0 Å². The number of hydrogen-bond acceptors (Lipinski definition) is 2. The Morgan fingerprint density at radius 2 is 1.90 bits per heavy atom. The second-order valence-electron chi connectivity index (χ2n) is 5.39. The summed E-state index contributed by atoms with van der Waals surface area (Å²) in [7, 11) is 1.69. The Morgan fingerprint density at radius 1 is 1.14 bits per heavy atom. The van der Waals surface area contributed by atoms with Crippen LogP contribution in [0.1, 0.15) is 22.9 Å². The number of benzene rings is 2. The van der Waals surface area contributed by atoms with Gasteiger partial charge in [-0.05, 0) is 30.5 Å². The molecule has 0 aliphatic carbocycles. The van der Waals surface area contributed by atoms with Crippen LogP contribution in [-0.2, 0) is 6.42 Å². The highest BCUT2D eigenvalue weighted by Gasteiger charge is 2.21. The predicted octanol–water partition coefficient (Wildman–Crippen LogP) is 4.43. The highest BCUT2D eigenvalue weighted by Crippen LogP contribution is 2.33. The third-order valence-electron chi connectivity index (χ3n) is 4.06. The van der Waals surface area contributed by atoms with Crippen molar-refractivity contribution < 1.29 is 4.74 Å². The SMILES string of the molecule is COc1ccccc1C(Cl)CN1CCCc2ccccc21. The fraction of sp³-hybridized carbons (Fsp3) is 0.333. The van der Waals surface area contributed by atoms with E-state index >= 15 is 0 Å². The van der Waals surface area contributed by atoms with E-state index in [1.54, 1.807) is 7.11 Å². The molecule has 21 heavy (non-hydrogen) atoms. The lowest BCUT2D eigenvalue weighted by Crippen LogP contribution is -2.32. The summed E-state index contributed by atoms with van der Waals surface area (Å²) in [6.07, 6.45) is 2.35. The lowest BCUT2D eigenvalue weighted by atomic mass is 10.0. The molecule has 2 aromatic carbocycles. The standard InChI is InChI=1S/C18H20ClNO/c1-21-18-11-5-3-9-15(18)16(19)13-20-12-6-8-14-7-2-4-10-17(14)20/h2-5,7,9-11,16H,6,8,12-13H2,1H3. The molecule has 2 nitrogen and oxygen atoms in total. The fourth-order valence-electron chi connectivity index (χ4n) is 3.02. The number of rotatable bonds is 4. The number of halogens is 1. The Kier molecular flexibility index (Phi) is 4.35. The number of ether oxygens (including phenoxy) is 1. The number of alkyl halides is 1. The molecule has 1 heterocycles. The van der Waals surface area contributed by atoms with Crippen molar-refractivity contribution in [2.45, 2.75) is 18.2 Å². The maximum absolute atomic E-state index is 6.67. The van der Waals surface area contributed by atoms with Crippen molar-refractivity contribution in [1.82, 2.24) is 0 Å². The third-order valence-corrected chi connectivity index (χ3v) is 4.44. The number of anilines is 1. The third kappa shape index (κ3) is 3.01. The van der Waals surface area contributed by atoms with Crippen LogP contribution < -0.4 is 9.64 Å². The van der Waals surface area contributed by atoms with Crippen LogP contribution >= 0.6 is 11.6 Å². The number of para-hydroxylation sites is 2. The van der Waals surface area contributed by atoms with Gasteiger partial charge < -0.3 is 9.64 Å². The van der Waals surface area contributed by atoms with Crippen LogP contribution in [-0.4, -0.2) is 20.2 Å². The molecule has 3 heteroatoms. The van der Waals surface area contributed by atoms with Crippen LogP contribution in [0.4, 0.5) is 5.69 Å². The Hall–Kier alpha value is -1.67. The molecule has 110 valence electrons. The molecule has 0 amide bonds. The molecule has 3 rings (SSSR count). The van der Waals surface area contributed by atoms with Gasteiger partial charge in [-0.3, -0.25) is 0 Å². The Morgan fingerprint density at radius 3 is 2.76 bits per heavy atom. The predicted molar refractivity (Wildman–Crippen MR) is 88.6 cm³/mol. The van der Waals surface area contributed by atoms with Crippen LogP contribution in [0, 0.1) is 0 Å². The van der Waals surface area contributed by atoms with E-state index in [9.17, 15) is 0 Å². The van der Waals surface area contributed by atoms with Gasteiger partial charge in [-0.2, -0.15) is 0 Å². The van der Waals surface area contributed by atoms with Crippen molar-refractivity contribution in [2.75, 3.05) is 25.1 Å². The number of fused-ring (bicyclic) bond motifs is 1.